The number of nitrogens with one attached hydrogen (secondary N) is 1. The Morgan fingerprint density at radius 1 is 1.31 bits per heavy atom. The molecule has 2 heteroatoms. The Labute approximate surface area is 99.8 Å². The predicted octanol–water partition coefficient (Wildman–Crippen LogP) is 2.56. The molecule has 0 aromatic rings. The molecule has 2 N–H and O–H groups in total. The van der Waals surface area contributed by atoms with Gasteiger partial charge in [0.25, 0.3) is 0 Å². The summed E-state index contributed by atoms with van der Waals surface area (Å²) in [5.74, 6) is 1.85. The Morgan fingerprint density at radius 3 is 2.69 bits per heavy atom. The van der Waals surface area contributed by atoms with Gasteiger partial charge in [0.05, 0.1) is 0 Å². The van der Waals surface area contributed by atoms with E-state index in [0.717, 1.165) is 18.3 Å². The standard InChI is InChI=1S/C14H27NO/c1-10(8-9-16)15-13-11-6-4-5-7-12(11)14(13,2)3/h10-13,15-16H,4-9H2,1-3H3/t10?,11-,12+,13?/m1/s1. The van der Waals surface area contributed by atoms with Gasteiger partial charge in [-0.3, -0.25) is 0 Å². The van der Waals surface area contributed by atoms with Crippen molar-refractivity contribution in [1.82, 2.24) is 5.32 Å². The molecule has 2 nitrogen and oxygen atoms in total. The number of hydrogen-bond donors (Lipinski definition) is 2. The third-order valence-electron chi connectivity index (χ3n) is 5.03. The quantitative estimate of drug-likeness (QED) is 0.770. The number of rotatable bonds is 4. The van der Waals surface area contributed by atoms with Crippen LogP contribution in [-0.2, 0) is 0 Å². The summed E-state index contributed by atoms with van der Waals surface area (Å²) in [6, 6.07) is 1.14. The summed E-state index contributed by atoms with van der Waals surface area (Å²) in [5.41, 5.74) is 0.467. The van der Waals surface area contributed by atoms with E-state index >= 15 is 0 Å². The molecule has 94 valence electrons. The van der Waals surface area contributed by atoms with E-state index in [1.54, 1.807) is 0 Å². The van der Waals surface area contributed by atoms with E-state index in [9.17, 15) is 0 Å². The Bertz CT molecular complexity index is 239. The zero-order valence-electron chi connectivity index (χ0n) is 11.0. The van der Waals surface area contributed by atoms with E-state index in [-0.39, 0.29) is 0 Å². The fraction of sp³-hybridized carbons (Fsp3) is 1.00. The molecule has 2 aliphatic carbocycles. The van der Waals surface area contributed by atoms with E-state index in [1.165, 1.54) is 25.7 Å². The first-order valence-corrected chi connectivity index (χ1v) is 6.94. The van der Waals surface area contributed by atoms with Crippen LogP contribution >= 0.6 is 0 Å². The first kappa shape index (κ1) is 12.4. The maximum atomic E-state index is 8.96. The van der Waals surface area contributed by atoms with Gasteiger partial charge in [-0.05, 0) is 43.4 Å². The highest BCUT2D eigenvalue weighted by Crippen LogP contribution is 2.57. The summed E-state index contributed by atoms with van der Waals surface area (Å²) >= 11 is 0. The van der Waals surface area contributed by atoms with Crippen LogP contribution in [0.25, 0.3) is 0 Å². The van der Waals surface area contributed by atoms with Gasteiger partial charge in [-0.15, -0.1) is 0 Å². The molecule has 2 aliphatic rings. The molecule has 2 fully saturated rings. The Balaban J connectivity index is 1.93. The van der Waals surface area contributed by atoms with Gasteiger partial charge in [0.15, 0.2) is 0 Å². The molecule has 0 spiro atoms. The SMILES string of the molecule is CC(CCO)NC1[C@@H]2CCCC[C@@H]2C1(C)C. The summed E-state index contributed by atoms with van der Waals surface area (Å²) in [4.78, 5) is 0. The second-order valence-electron chi connectivity index (χ2n) is 6.43. The van der Waals surface area contributed by atoms with Crippen LogP contribution in [0.5, 0.6) is 0 Å². The largest absolute Gasteiger partial charge is 0.396 e. The van der Waals surface area contributed by atoms with Gasteiger partial charge < -0.3 is 10.4 Å². The van der Waals surface area contributed by atoms with E-state index in [1.807, 2.05) is 0 Å². The number of fused-ring (bicyclic) bond motifs is 1. The van der Waals surface area contributed by atoms with Crippen LogP contribution in [0.2, 0.25) is 0 Å². The smallest absolute Gasteiger partial charge is 0.0445 e. The first-order valence-electron chi connectivity index (χ1n) is 6.94. The van der Waals surface area contributed by atoms with Crippen molar-refractivity contribution in [1.29, 1.82) is 0 Å². The Kier molecular flexibility index (Phi) is 3.60. The molecular weight excluding hydrogens is 198 g/mol. The van der Waals surface area contributed by atoms with Gasteiger partial charge in [-0.25, -0.2) is 0 Å². The summed E-state index contributed by atoms with van der Waals surface area (Å²) in [5, 5.41) is 12.7. The third-order valence-corrected chi connectivity index (χ3v) is 5.03. The molecule has 0 aliphatic heterocycles. The van der Waals surface area contributed by atoms with Gasteiger partial charge in [-0.1, -0.05) is 26.7 Å². The molecule has 2 unspecified atom stereocenters. The summed E-state index contributed by atoms with van der Waals surface area (Å²) in [6.07, 6.45) is 6.58. The molecule has 0 radical (unpaired) electrons. The van der Waals surface area contributed by atoms with Crippen LogP contribution in [0.1, 0.15) is 52.9 Å². The Hall–Kier alpha value is -0.0800. The fourth-order valence-electron chi connectivity index (χ4n) is 4.07. The minimum absolute atomic E-state index is 0.301. The van der Waals surface area contributed by atoms with Crippen LogP contribution in [0.4, 0.5) is 0 Å². The monoisotopic (exact) mass is 225 g/mol. The highest BCUT2D eigenvalue weighted by atomic mass is 16.3. The van der Waals surface area contributed by atoms with Crippen molar-refractivity contribution in [2.45, 2.75) is 65.0 Å². The molecule has 0 aromatic heterocycles. The van der Waals surface area contributed by atoms with Crippen molar-refractivity contribution in [2.24, 2.45) is 17.3 Å². The molecule has 0 heterocycles. The molecule has 2 saturated carbocycles. The second kappa shape index (κ2) is 4.66. The fourth-order valence-corrected chi connectivity index (χ4v) is 4.07. The summed E-state index contributed by atoms with van der Waals surface area (Å²) in [6.45, 7) is 7.34. The minimum Gasteiger partial charge on any atom is -0.396 e. The van der Waals surface area contributed by atoms with Crippen molar-refractivity contribution in [3.8, 4) is 0 Å². The molecule has 2 rings (SSSR count). The molecule has 16 heavy (non-hydrogen) atoms. The lowest BCUT2D eigenvalue weighted by molar-refractivity contribution is -0.0917. The van der Waals surface area contributed by atoms with Crippen LogP contribution in [0.3, 0.4) is 0 Å². The zero-order valence-corrected chi connectivity index (χ0v) is 11.0. The van der Waals surface area contributed by atoms with Gasteiger partial charge in [0.1, 0.15) is 0 Å². The van der Waals surface area contributed by atoms with Gasteiger partial charge in [0.2, 0.25) is 0 Å². The third kappa shape index (κ3) is 2.02. The average Bonchev–Trinajstić information content (AvgIpc) is 2.26. The maximum absolute atomic E-state index is 8.96. The van der Waals surface area contributed by atoms with E-state index in [2.05, 4.69) is 26.1 Å². The van der Waals surface area contributed by atoms with Crippen molar-refractivity contribution in [2.75, 3.05) is 6.61 Å². The number of hydrogen-bond acceptors (Lipinski definition) is 2. The lowest BCUT2D eigenvalue weighted by Gasteiger charge is -2.62. The van der Waals surface area contributed by atoms with E-state index < -0.39 is 0 Å². The van der Waals surface area contributed by atoms with Crippen molar-refractivity contribution in [3.63, 3.8) is 0 Å². The summed E-state index contributed by atoms with van der Waals surface area (Å²) in [7, 11) is 0. The van der Waals surface area contributed by atoms with Crippen molar-refractivity contribution >= 4 is 0 Å². The molecular formula is C14H27NO. The molecule has 0 bridgehead atoms. The van der Waals surface area contributed by atoms with Gasteiger partial charge in [0, 0.05) is 18.7 Å². The zero-order chi connectivity index (χ0) is 11.8. The lowest BCUT2D eigenvalue weighted by atomic mass is 9.47. The predicted molar refractivity (Wildman–Crippen MR) is 67.3 cm³/mol. The van der Waals surface area contributed by atoms with Gasteiger partial charge in [-0.2, -0.15) is 0 Å². The molecule has 0 amide bonds. The van der Waals surface area contributed by atoms with Crippen LogP contribution in [0, 0.1) is 17.3 Å². The lowest BCUT2D eigenvalue weighted by Crippen LogP contribution is -2.66. The number of aliphatic hydroxyl groups is 1. The highest BCUT2D eigenvalue weighted by molar-refractivity contribution is 5.09. The molecule has 0 aromatic carbocycles. The van der Waals surface area contributed by atoms with Crippen LogP contribution < -0.4 is 5.32 Å². The first-order chi connectivity index (χ1) is 7.57. The molecule has 4 atom stereocenters. The van der Waals surface area contributed by atoms with Crippen LogP contribution in [-0.4, -0.2) is 23.8 Å². The summed E-state index contributed by atoms with van der Waals surface area (Å²) < 4.78 is 0. The number of aliphatic hydroxyl groups excluding tert-OH is 1. The van der Waals surface area contributed by atoms with E-state index in [4.69, 9.17) is 5.11 Å². The van der Waals surface area contributed by atoms with Crippen molar-refractivity contribution < 1.29 is 5.11 Å². The van der Waals surface area contributed by atoms with Crippen LogP contribution in [0.15, 0.2) is 0 Å². The minimum atomic E-state index is 0.301. The maximum Gasteiger partial charge on any atom is 0.0445 e. The Morgan fingerprint density at radius 2 is 2.00 bits per heavy atom. The normalized spacial score (nSPS) is 38.6. The van der Waals surface area contributed by atoms with Gasteiger partial charge >= 0.3 is 0 Å². The van der Waals surface area contributed by atoms with E-state index in [0.29, 0.717) is 24.1 Å². The average molecular weight is 225 g/mol. The second-order valence-corrected chi connectivity index (χ2v) is 6.43. The highest BCUT2D eigenvalue weighted by Gasteiger charge is 2.56. The van der Waals surface area contributed by atoms with Crippen molar-refractivity contribution in [3.05, 3.63) is 0 Å². The molecule has 0 saturated heterocycles. The topological polar surface area (TPSA) is 32.3 Å².